The fourth-order valence-corrected chi connectivity index (χ4v) is 3.59. The van der Waals surface area contributed by atoms with Gasteiger partial charge in [-0.3, -0.25) is 0 Å². The molecule has 0 radical (unpaired) electrons. The summed E-state index contributed by atoms with van der Waals surface area (Å²) in [6.07, 6.45) is 7.31. The van der Waals surface area contributed by atoms with Crippen LogP contribution in [-0.4, -0.2) is 30.3 Å². The molecule has 0 amide bonds. The predicted octanol–water partition coefficient (Wildman–Crippen LogP) is 3.05. The van der Waals surface area contributed by atoms with Crippen LogP contribution in [0.1, 0.15) is 36.0 Å². The van der Waals surface area contributed by atoms with Crippen LogP contribution in [0.4, 0.5) is 5.69 Å². The van der Waals surface area contributed by atoms with Gasteiger partial charge in [0.15, 0.2) is 5.96 Å². The SMILES string of the molecule is NC(=NCc1ccnc(OC2CCOCC2)c1)Nc1ccc2c(c1)CCC2. The Labute approximate surface area is 159 Å². The molecule has 2 heterocycles. The first-order valence-electron chi connectivity index (χ1n) is 9.64. The number of nitrogens with one attached hydrogen (secondary N) is 1. The summed E-state index contributed by atoms with van der Waals surface area (Å²) >= 11 is 0. The highest BCUT2D eigenvalue weighted by Crippen LogP contribution is 2.24. The van der Waals surface area contributed by atoms with Gasteiger partial charge in [0.1, 0.15) is 6.10 Å². The van der Waals surface area contributed by atoms with Gasteiger partial charge in [0.2, 0.25) is 5.88 Å². The van der Waals surface area contributed by atoms with E-state index in [9.17, 15) is 0 Å². The summed E-state index contributed by atoms with van der Waals surface area (Å²) in [4.78, 5) is 8.75. The average molecular weight is 366 g/mol. The first-order chi connectivity index (χ1) is 13.3. The molecule has 6 nitrogen and oxygen atoms in total. The van der Waals surface area contributed by atoms with Gasteiger partial charge in [-0.25, -0.2) is 9.98 Å². The predicted molar refractivity (Wildman–Crippen MR) is 106 cm³/mol. The third-order valence-corrected chi connectivity index (χ3v) is 5.06. The smallest absolute Gasteiger partial charge is 0.213 e. The fourth-order valence-electron chi connectivity index (χ4n) is 3.59. The van der Waals surface area contributed by atoms with Crippen LogP contribution in [0.5, 0.6) is 5.88 Å². The van der Waals surface area contributed by atoms with Crippen molar-refractivity contribution >= 4 is 11.6 Å². The van der Waals surface area contributed by atoms with Crippen molar-refractivity contribution in [2.24, 2.45) is 10.7 Å². The number of rotatable bonds is 5. The second-order valence-corrected chi connectivity index (χ2v) is 7.10. The molecule has 1 aliphatic heterocycles. The molecule has 0 unspecified atom stereocenters. The number of aryl methyl sites for hydroxylation is 2. The van der Waals surface area contributed by atoms with Crippen LogP contribution in [0.2, 0.25) is 0 Å². The van der Waals surface area contributed by atoms with E-state index in [1.807, 2.05) is 12.1 Å². The number of hydrogen-bond donors (Lipinski definition) is 2. The normalized spacial score (nSPS) is 17.6. The molecule has 0 bridgehead atoms. The minimum atomic E-state index is 0.177. The van der Waals surface area contributed by atoms with Crippen molar-refractivity contribution in [2.45, 2.75) is 44.8 Å². The molecule has 2 aliphatic rings. The van der Waals surface area contributed by atoms with Crippen LogP contribution < -0.4 is 15.8 Å². The molecule has 1 fully saturated rings. The zero-order valence-corrected chi connectivity index (χ0v) is 15.5. The van der Waals surface area contributed by atoms with Crippen molar-refractivity contribution in [3.8, 4) is 5.88 Å². The highest BCUT2D eigenvalue weighted by molar-refractivity contribution is 5.92. The lowest BCUT2D eigenvalue weighted by Crippen LogP contribution is -2.26. The van der Waals surface area contributed by atoms with Gasteiger partial charge < -0.3 is 20.5 Å². The monoisotopic (exact) mass is 366 g/mol. The number of guanidine groups is 1. The molecule has 1 aromatic carbocycles. The van der Waals surface area contributed by atoms with Crippen LogP contribution >= 0.6 is 0 Å². The topological polar surface area (TPSA) is 81.8 Å². The molecule has 142 valence electrons. The molecule has 27 heavy (non-hydrogen) atoms. The summed E-state index contributed by atoms with van der Waals surface area (Å²) < 4.78 is 11.3. The maximum absolute atomic E-state index is 6.06. The fraction of sp³-hybridized carbons (Fsp3) is 0.429. The first-order valence-corrected chi connectivity index (χ1v) is 9.64. The van der Waals surface area contributed by atoms with E-state index < -0.39 is 0 Å². The highest BCUT2D eigenvalue weighted by Gasteiger charge is 2.16. The Morgan fingerprint density at radius 1 is 1.19 bits per heavy atom. The number of pyridine rings is 1. The quantitative estimate of drug-likeness (QED) is 0.628. The Morgan fingerprint density at radius 2 is 2.04 bits per heavy atom. The molecule has 2 aromatic rings. The van der Waals surface area contributed by atoms with Gasteiger partial charge in [-0.15, -0.1) is 0 Å². The molecule has 4 rings (SSSR count). The number of nitrogens with two attached hydrogens (primary N) is 1. The summed E-state index contributed by atoms with van der Waals surface area (Å²) in [7, 11) is 0. The number of fused-ring (bicyclic) bond motifs is 1. The van der Waals surface area contributed by atoms with Gasteiger partial charge >= 0.3 is 0 Å². The summed E-state index contributed by atoms with van der Waals surface area (Å²) in [6, 6.07) is 10.3. The zero-order chi connectivity index (χ0) is 18.5. The summed E-state index contributed by atoms with van der Waals surface area (Å²) in [5.74, 6) is 1.05. The number of benzene rings is 1. The third-order valence-electron chi connectivity index (χ3n) is 5.06. The standard InChI is InChI=1S/C21H26N4O2/c22-21(25-18-5-4-16-2-1-3-17(16)13-18)24-14-15-6-9-23-20(12-15)27-19-7-10-26-11-8-19/h4-6,9,12-13,19H,1-3,7-8,10-11,14H2,(H3,22,24,25). The number of ether oxygens (including phenoxy) is 2. The number of anilines is 1. The maximum Gasteiger partial charge on any atom is 0.213 e. The van der Waals surface area contributed by atoms with Crippen molar-refractivity contribution < 1.29 is 9.47 Å². The maximum atomic E-state index is 6.06. The van der Waals surface area contributed by atoms with Crippen LogP contribution in [0.25, 0.3) is 0 Å². The molecule has 1 saturated heterocycles. The number of aliphatic imine (C=N–C) groups is 1. The van der Waals surface area contributed by atoms with E-state index >= 15 is 0 Å². The molecular weight excluding hydrogens is 340 g/mol. The average Bonchev–Trinajstić information content (AvgIpc) is 3.15. The second-order valence-electron chi connectivity index (χ2n) is 7.10. The van der Waals surface area contributed by atoms with Crippen molar-refractivity contribution in [1.82, 2.24) is 4.98 Å². The lowest BCUT2D eigenvalue weighted by Gasteiger charge is -2.22. The van der Waals surface area contributed by atoms with E-state index in [1.54, 1.807) is 6.20 Å². The van der Waals surface area contributed by atoms with E-state index in [-0.39, 0.29) is 6.10 Å². The first kappa shape index (κ1) is 17.8. The van der Waals surface area contributed by atoms with Crippen LogP contribution in [0.15, 0.2) is 41.5 Å². The van der Waals surface area contributed by atoms with Gasteiger partial charge in [0.25, 0.3) is 0 Å². The second kappa shape index (κ2) is 8.39. The van der Waals surface area contributed by atoms with Gasteiger partial charge in [-0.1, -0.05) is 6.07 Å². The third kappa shape index (κ3) is 4.77. The van der Waals surface area contributed by atoms with Crippen molar-refractivity contribution in [2.75, 3.05) is 18.5 Å². The lowest BCUT2D eigenvalue weighted by molar-refractivity contribution is 0.0237. The Bertz CT molecular complexity index is 816. The van der Waals surface area contributed by atoms with Crippen molar-refractivity contribution in [1.29, 1.82) is 0 Å². The minimum absolute atomic E-state index is 0.177. The highest BCUT2D eigenvalue weighted by atomic mass is 16.5. The zero-order valence-electron chi connectivity index (χ0n) is 15.5. The molecule has 0 atom stereocenters. The summed E-state index contributed by atoms with van der Waals surface area (Å²) in [5.41, 5.74) is 10.9. The summed E-state index contributed by atoms with van der Waals surface area (Å²) in [6.45, 7) is 1.98. The summed E-state index contributed by atoms with van der Waals surface area (Å²) in [5, 5.41) is 3.19. The van der Waals surface area contributed by atoms with Crippen molar-refractivity contribution in [3.63, 3.8) is 0 Å². The Hall–Kier alpha value is -2.60. The van der Waals surface area contributed by atoms with Gasteiger partial charge in [-0.05, 0) is 54.2 Å². The number of hydrogen-bond acceptors (Lipinski definition) is 4. The molecule has 1 aromatic heterocycles. The van der Waals surface area contributed by atoms with E-state index in [1.165, 1.54) is 24.0 Å². The largest absolute Gasteiger partial charge is 0.474 e. The lowest BCUT2D eigenvalue weighted by atomic mass is 10.1. The van der Waals surface area contributed by atoms with Crippen molar-refractivity contribution in [3.05, 3.63) is 53.2 Å². The molecule has 3 N–H and O–H groups in total. The van der Waals surface area contributed by atoms with E-state index in [0.29, 0.717) is 18.4 Å². The number of aromatic nitrogens is 1. The van der Waals surface area contributed by atoms with E-state index in [4.69, 9.17) is 15.2 Å². The van der Waals surface area contributed by atoms with Crippen LogP contribution in [0, 0.1) is 0 Å². The Balaban J connectivity index is 1.35. The van der Waals surface area contributed by atoms with Gasteiger partial charge in [-0.2, -0.15) is 0 Å². The number of nitrogens with zero attached hydrogens (tertiary/aromatic N) is 2. The van der Waals surface area contributed by atoms with Crippen LogP contribution in [-0.2, 0) is 24.1 Å². The van der Waals surface area contributed by atoms with E-state index in [2.05, 4.69) is 33.5 Å². The molecule has 0 spiro atoms. The molecule has 1 aliphatic carbocycles. The molecule has 6 heteroatoms. The van der Waals surface area contributed by atoms with E-state index in [0.717, 1.165) is 43.7 Å². The molecule has 0 saturated carbocycles. The van der Waals surface area contributed by atoms with Crippen LogP contribution in [0.3, 0.4) is 0 Å². The van der Waals surface area contributed by atoms with Gasteiger partial charge in [0, 0.05) is 30.8 Å². The molecular formula is C21H26N4O2. The minimum Gasteiger partial charge on any atom is -0.474 e. The Morgan fingerprint density at radius 3 is 2.93 bits per heavy atom. The Kier molecular flexibility index (Phi) is 5.53. The van der Waals surface area contributed by atoms with Gasteiger partial charge in [0.05, 0.1) is 19.8 Å².